The van der Waals surface area contributed by atoms with Crippen LogP contribution < -0.4 is 0 Å². The van der Waals surface area contributed by atoms with E-state index in [2.05, 4.69) is 11.8 Å². The van der Waals surface area contributed by atoms with Gasteiger partial charge in [0.05, 0.1) is 12.5 Å². The van der Waals surface area contributed by atoms with E-state index in [0.717, 1.165) is 37.1 Å². The van der Waals surface area contributed by atoms with Crippen LogP contribution in [0, 0.1) is 5.41 Å². The smallest absolute Gasteiger partial charge is 0.228 e. The van der Waals surface area contributed by atoms with Crippen molar-refractivity contribution in [1.82, 2.24) is 4.90 Å². The molecular formula is C15H21NO2S. The van der Waals surface area contributed by atoms with Crippen LogP contribution in [0.5, 0.6) is 0 Å². The molecule has 3 rings (SSSR count). The molecule has 2 aliphatic rings. The minimum absolute atomic E-state index is 0.128. The SMILES string of the molecule is C[C@@]12CCN(C(=O)Cc3cccs3)[C@@H]1CC[C@@H](O)C2. The molecule has 0 spiro atoms. The van der Waals surface area contributed by atoms with Crippen molar-refractivity contribution >= 4 is 17.2 Å². The molecule has 3 nitrogen and oxygen atoms in total. The zero-order valence-electron chi connectivity index (χ0n) is 11.3. The third-order valence-electron chi connectivity index (χ3n) is 4.81. The van der Waals surface area contributed by atoms with E-state index in [0.29, 0.717) is 12.5 Å². The van der Waals surface area contributed by atoms with E-state index in [1.807, 2.05) is 17.5 Å². The van der Waals surface area contributed by atoms with Crippen LogP contribution in [-0.2, 0) is 11.2 Å². The molecule has 1 amide bonds. The largest absolute Gasteiger partial charge is 0.393 e. The van der Waals surface area contributed by atoms with E-state index in [1.165, 1.54) is 0 Å². The van der Waals surface area contributed by atoms with Gasteiger partial charge in [-0.15, -0.1) is 11.3 Å². The van der Waals surface area contributed by atoms with Gasteiger partial charge in [0.1, 0.15) is 0 Å². The number of aliphatic hydroxyl groups is 1. The maximum atomic E-state index is 12.5. The fourth-order valence-corrected chi connectivity index (χ4v) is 4.47. The average Bonchev–Trinajstić information content (AvgIpc) is 2.95. The second kappa shape index (κ2) is 4.91. The number of hydrogen-bond acceptors (Lipinski definition) is 3. The molecule has 0 aromatic carbocycles. The first-order valence-corrected chi connectivity index (χ1v) is 7.96. The second-order valence-corrected chi connectivity index (χ2v) is 7.23. The summed E-state index contributed by atoms with van der Waals surface area (Å²) in [5.74, 6) is 0.257. The van der Waals surface area contributed by atoms with Gasteiger partial charge in [0.15, 0.2) is 0 Å². The van der Waals surface area contributed by atoms with Crippen LogP contribution in [0.25, 0.3) is 0 Å². The number of thiophene rings is 1. The Morgan fingerprint density at radius 3 is 3.16 bits per heavy atom. The van der Waals surface area contributed by atoms with Crippen LogP contribution in [0.1, 0.15) is 37.5 Å². The normalized spacial score (nSPS) is 34.3. The monoisotopic (exact) mass is 279 g/mol. The van der Waals surface area contributed by atoms with E-state index in [1.54, 1.807) is 11.3 Å². The van der Waals surface area contributed by atoms with Crippen molar-refractivity contribution in [2.45, 2.75) is 51.2 Å². The Labute approximate surface area is 118 Å². The molecule has 104 valence electrons. The summed E-state index contributed by atoms with van der Waals surface area (Å²) in [5, 5.41) is 11.9. The predicted octanol–water partition coefficient (Wildman–Crippen LogP) is 2.44. The van der Waals surface area contributed by atoms with Crippen LogP contribution in [0.2, 0.25) is 0 Å². The summed E-state index contributed by atoms with van der Waals surface area (Å²) in [5.41, 5.74) is 0.128. The number of amides is 1. The summed E-state index contributed by atoms with van der Waals surface area (Å²) in [7, 11) is 0. The van der Waals surface area contributed by atoms with E-state index in [9.17, 15) is 9.90 Å². The highest BCUT2D eigenvalue weighted by Gasteiger charge is 2.48. The lowest BCUT2D eigenvalue weighted by Gasteiger charge is -2.41. The average molecular weight is 279 g/mol. The van der Waals surface area contributed by atoms with Crippen molar-refractivity contribution in [2.75, 3.05) is 6.54 Å². The van der Waals surface area contributed by atoms with Gasteiger partial charge in [-0.05, 0) is 42.5 Å². The minimum Gasteiger partial charge on any atom is -0.393 e. The molecule has 1 aromatic rings. The van der Waals surface area contributed by atoms with E-state index < -0.39 is 0 Å². The Kier molecular flexibility index (Phi) is 3.39. The topological polar surface area (TPSA) is 40.5 Å². The molecule has 4 heteroatoms. The van der Waals surface area contributed by atoms with E-state index in [4.69, 9.17) is 0 Å². The predicted molar refractivity (Wildman–Crippen MR) is 76.1 cm³/mol. The zero-order chi connectivity index (χ0) is 13.5. The van der Waals surface area contributed by atoms with Crippen LogP contribution >= 0.6 is 11.3 Å². The molecule has 3 atom stereocenters. The molecule has 19 heavy (non-hydrogen) atoms. The van der Waals surface area contributed by atoms with Crippen LogP contribution in [-0.4, -0.2) is 34.6 Å². The van der Waals surface area contributed by atoms with Gasteiger partial charge in [0.25, 0.3) is 0 Å². The number of carbonyl (C=O) groups excluding carboxylic acids is 1. The second-order valence-electron chi connectivity index (χ2n) is 6.20. The molecule has 0 unspecified atom stereocenters. The van der Waals surface area contributed by atoms with Crippen molar-refractivity contribution in [3.05, 3.63) is 22.4 Å². The molecule has 1 aliphatic heterocycles. The summed E-state index contributed by atoms with van der Waals surface area (Å²) in [6.07, 6.45) is 4.03. The lowest BCUT2D eigenvalue weighted by atomic mass is 9.71. The van der Waals surface area contributed by atoms with Crippen molar-refractivity contribution in [2.24, 2.45) is 5.41 Å². The summed E-state index contributed by atoms with van der Waals surface area (Å²) in [6.45, 7) is 3.09. The minimum atomic E-state index is -0.173. The van der Waals surface area contributed by atoms with Crippen LogP contribution in [0.15, 0.2) is 17.5 Å². The number of fused-ring (bicyclic) bond motifs is 1. The molecule has 1 aliphatic carbocycles. The fourth-order valence-electron chi connectivity index (χ4n) is 3.77. The van der Waals surface area contributed by atoms with Gasteiger partial charge in [-0.2, -0.15) is 0 Å². The molecular weight excluding hydrogens is 258 g/mol. The first-order chi connectivity index (χ1) is 9.08. The van der Waals surface area contributed by atoms with Crippen molar-refractivity contribution < 1.29 is 9.90 Å². The fraction of sp³-hybridized carbons (Fsp3) is 0.667. The Hall–Kier alpha value is -0.870. The Morgan fingerprint density at radius 1 is 1.58 bits per heavy atom. The highest BCUT2D eigenvalue weighted by molar-refractivity contribution is 7.10. The molecule has 2 fully saturated rings. The van der Waals surface area contributed by atoms with Crippen molar-refractivity contribution in [3.8, 4) is 0 Å². The number of rotatable bonds is 2. The van der Waals surface area contributed by atoms with Crippen LogP contribution in [0.4, 0.5) is 0 Å². The molecule has 1 N–H and O–H groups in total. The van der Waals surface area contributed by atoms with Gasteiger partial charge in [-0.3, -0.25) is 4.79 Å². The highest BCUT2D eigenvalue weighted by atomic mass is 32.1. The lowest BCUT2D eigenvalue weighted by Crippen LogP contribution is -2.46. The number of nitrogens with zero attached hydrogens (tertiary/aromatic N) is 1. The molecule has 0 bridgehead atoms. The summed E-state index contributed by atoms with van der Waals surface area (Å²) < 4.78 is 0. The number of carbonyl (C=O) groups is 1. The standard InChI is InChI=1S/C15H21NO2S/c1-15-6-7-16(13(15)5-4-11(17)10-15)14(18)9-12-3-2-8-19-12/h2-3,8,11,13,17H,4-7,9-10H2,1H3/t11-,13-,15+/m1/s1. The molecule has 1 saturated heterocycles. The van der Waals surface area contributed by atoms with Gasteiger partial charge < -0.3 is 10.0 Å². The van der Waals surface area contributed by atoms with Crippen molar-refractivity contribution in [1.29, 1.82) is 0 Å². The summed E-state index contributed by atoms with van der Waals surface area (Å²) >= 11 is 1.65. The number of hydrogen-bond donors (Lipinski definition) is 1. The van der Waals surface area contributed by atoms with Crippen LogP contribution in [0.3, 0.4) is 0 Å². The van der Waals surface area contributed by atoms with Gasteiger partial charge in [0, 0.05) is 17.5 Å². The lowest BCUT2D eigenvalue weighted by molar-refractivity contribution is -0.133. The summed E-state index contributed by atoms with van der Waals surface area (Å²) in [6, 6.07) is 4.37. The Bertz CT molecular complexity index is 459. The Balaban J connectivity index is 1.71. The van der Waals surface area contributed by atoms with Gasteiger partial charge in [-0.25, -0.2) is 0 Å². The zero-order valence-corrected chi connectivity index (χ0v) is 12.2. The first kappa shape index (κ1) is 13.1. The van der Waals surface area contributed by atoms with Gasteiger partial charge in [-0.1, -0.05) is 13.0 Å². The molecule has 1 saturated carbocycles. The number of aliphatic hydroxyl groups excluding tert-OH is 1. The number of likely N-dealkylation sites (tertiary alicyclic amines) is 1. The van der Waals surface area contributed by atoms with Crippen molar-refractivity contribution in [3.63, 3.8) is 0 Å². The molecule has 2 heterocycles. The highest BCUT2D eigenvalue weighted by Crippen LogP contribution is 2.46. The third kappa shape index (κ3) is 2.43. The summed E-state index contributed by atoms with van der Waals surface area (Å²) in [4.78, 5) is 15.7. The maximum Gasteiger partial charge on any atom is 0.228 e. The first-order valence-electron chi connectivity index (χ1n) is 7.08. The molecule has 1 aromatic heterocycles. The Morgan fingerprint density at radius 2 is 2.42 bits per heavy atom. The maximum absolute atomic E-state index is 12.5. The van der Waals surface area contributed by atoms with Gasteiger partial charge >= 0.3 is 0 Å². The van der Waals surface area contributed by atoms with E-state index >= 15 is 0 Å². The van der Waals surface area contributed by atoms with Gasteiger partial charge in [0.2, 0.25) is 5.91 Å². The third-order valence-corrected chi connectivity index (χ3v) is 5.68. The molecule has 0 radical (unpaired) electrons. The quantitative estimate of drug-likeness (QED) is 0.903. The van der Waals surface area contributed by atoms with E-state index in [-0.39, 0.29) is 17.4 Å².